The number of H-pyrrole nitrogens is 1. The van der Waals surface area contributed by atoms with Crippen LogP contribution in [-0.4, -0.2) is 46.1 Å². The van der Waals surface area contributed by atoms with Gasteiger partial charge < -0.3 is 10.2 Å². The minimum atomic E-state index is 0.0834. The standard InChI is InChI=1S/C11H19N5O/c1-7-4-12-5-9(7)11(17)16(3)6-10-13-8(2)14-15-10/h7,9,12H,4-6H2,1-3H3,(H,13,14,15)/t7-,9-/m1/s1. The van der Waals surface area contributed by atoms with Crippen molar-refractivity contribution in [1.82, 2.24) is 25.4 Å². The molecule has 2 N–H and O–H groups in total. The number of nitrogens with zero attached hydrogens (tertiary/aromatic N) is 3. The fourth-order valence-electron chi connectivity index (χ4n) is 2.17. The lowest BCUT2D eigenvalue weighted by Gasteiger charge is -2.21. The molecule has 6 heteroatoms. The lowest BCUT2D eigenvalue weighted by atomic mass is 9.97. The summed E-state index contributed by atoms with van der Waals surface area (Å²) in [6.45, 7) is 6.11. The van der Waals surface area contributed by atoms with Gasteiger partial charge in [0.2, 0.25) is 5.91 Å². The first kappa shape index (κ1) is 12.0. The van der Waals surface area contributed by atoms with Crippen LogP contribution in [-0.2, 0) is 11.3 Å². The van der Waals surface area contributed by atoms with Gasteiger partial charge in [0.05, 0.1) is 12.5 Å². The molecule has 0 saturated carbocycles. The summed E-state index contributed by atoms with van der Waals surface area (Å²) in [5, 5.41) is 10.1. The molecule has 1 fully saturated rings. The number of aryl methyl sites for hydroxylation is 1. The molecule has 2 atom stereocenters. The molecule has 2 rings (SSSR count). The average molecular weight is 237 g/mol. The molecule has 0 unspecified atom stereocenters. The fourth-order valence-corrected chi connectivity index (χ4v) is 2.17. The predicted octanol–water partition coefficient (Wildman–Crippen LogP) is -0.0730. The zero-order valence-corrected chi connectivity index (χ0v) is 10.5. The van der Waals surface area contributed by atoms with Crippen LogP contribution in [0.1, 0.15) is 18.6 Å². The van der Waals surface area contributed by atoms with Crippen molar-refractivity contribution in [2.24, 2.45) is 11.8 Å². The van der Waals surface area contributed by atoms with Crippen molar-refractivity contribution in [3.8, 4) is 0 Å². The van der Waals surface area contributed by atoms with Crippen LogP contribution in [0, 0.1) is 18.8 Å². The molecule has 17 heavy (non-hydrogen) atoms. The van der Waals surface area contributed by atoms with Gasteiger partial charge in [0, 0.05) is 13.6 Å². The summed E-state index contributed by atoms with van der Waals surface area (Å²) in [7, 11) is 1.80. The number of amides is 1. The highest BCUT2D eigenvalue weighted by atomic mass is 16.2. The summed E-state index contributed by atoms with van der Waals surface area (Å²) in [5.74, 6) is 2.09. The Morgan fingerprint density at radius 1 is 1.53 bits per heavy atom. The highest BCUT2D eigenvalue weighted by Crippen LogP contribution is 2.18. The van der Waals surface area contributed by atoms with E-state index in [4.69, 9.17) is 0 Å². The molecule has 0 aliphatic carbocycles. The molecule has 1 aromatic heterocycles. The van der Waals surface area contributed by atoms with Gasteiger partial charge in [0.1, 0.15) is 5.82 Å². The largest absolute Gasteiger partial charge is 0.338 e. The number of hydrogen-bond acceptors (Lipinski definition) is 4. The second-order valence-electron chi connectivity index (χ2n) is 4.77. The highest BCUT2D eigenvalue weighted by Gasteiger charge is 2.31. The molecule has 0 aromatic carbocycles. The van der Waals surface area contributed by atoms with Crippen LogP contribution in [0.3, 0.4) is 0 Å². The van der Waals surface area contributed by atoms with E-state index in [0.29, 0.717) is 18.3 Å². The Labute approximate surface area is 101 Å². The average Bonchev–Trinajstić information content (AvgIpc) is 2.86. The molecule has 2 heterocycles. The van der Waals surface area contributed by atoms with E-state index >= 15 is 0 Å². The fraction of sp³-hybridized carbons (Fsp3) is 0.727. The van der Waals surface area contributed by atoms with E-state index in [1.165, 1.54) is 0 Å². The van der Waals surface area contributed by atoms with Crippen molar-refractivity contribution in [3.63, 3.8) is 0 Å². The van der Waals surface area contributed by atoms with E-state index in [9.17, 15) is 4.79 Å². The van der Waals surface area contributed by atoms with Crippen LogP contribution in [0.25, 0.3) is 0 Å². The molecule has 0 radical (unpaired) electrons. The second kappa shape index (κ2) is 4.83. The number of rotatable bonds is 3. The minimum Gasteiger partial charge on any atom is -0.338 e. The van der Waals surface area contributed by atoms with Crippen LogP contribution in [0.2, 0.25) is 0 Å². The number of hydrogen-bond donors (Lipinski definition) is 2. The zero-order valence-electron chi connectivity index (χ0n) is 10.5. The Bertz CT molecular complexity index is 402. The topological polar surface area (TPSA) is 73.9 Å². The van der Waals surface area contributed by atoms with Gasteiger partial charge in [-0.15, -0.1) is 0 Å². The minimum absolute atomic E-state index is 0.0834. The van der Waals surface area contributed by atoms with Crippen molar-refractivity contribution < 1.29 is 4.79 Å². The molecule has 94 valence electrons. The van der Waals surface area contributed by atoms with E-state index in [2.05, 4.69) is 27.4 Å². The Balaban J connectivity index is 1.95. The van der Waals surface area contributed by atoms with Gasteiger partial charge in [-0.25, -0.2) is 4.98 Å². The van der Waals surface area contributed by atoms with Gasteiger partial charge in [-0.2, -0.15) is 5.10 Å². The molecule has 6 nitrogen and oxygen atoms in total. The molecule has 1 aliphatic heterocycles. The van der Waals surface area contributed by atoms with Crippen molar-refractivity contribution >= 4 is 5.91 Å². The number of carbonyl (C=O) groups excluding carboxylic acids is 1. The molecule has 1 aromatic rings. The Hall–Kier alpha value is -1.43. The summed E-state index contributed by atoms with van der Waals surface area (Å²) in [5.41, 5.74) is 0. The van der Waals surface area contributed by atoms with Crippen molar-refractivity contribution in [2.75, 3.05) is 20.1 Å². The number of nitrogens with one attached hydrogen (secondary N) is 2. The van der Waals surface area contributed by atoms with Gasteiger partial charge in [-0.3, -0.25) is 9.89 Å². The number of carbonyl (C=O) groups is 1. The maximum absolute atomic E-state index is 12.2. The molecule has 1 aliphatic rings. The summed E-state index contributed by atoms with van der Waals surface area (Å²) < 4.78 is 0. The van der Waals surface area contributed by atoms with Gasteiger partial charge in [0.25, 0.3) is 0 Å². The second-order valence-corrected chi connectivity index (χ2v) is 4.77. The van der Waals surface area contributed by atoms with Crippen LogP contribution < -0.4 is 5.32 Å². The van der Waals surface area contributed by atoms with Gasteiger partial charge in [-0.1, -0.05) is 6.92 Å². The summed E-state index contributed by atoms with van der Waals surface area (Å²) in [6.07, 6.45) is 0. The molecular weight excluding hydrogens is 218 g/mol. The zero-order chi connectivity index (χ0) is 12.4. The first-order valence-electron chi connectivity index (χ1n) is 5.91. The van der Waals surface area contributed by atoms with Crippen LogP contribution in [0.5, 0.6) is 0 Å². The van der Waals surface area contributed by atoms with Gasteiger partial charge in [-0.05, 0) is 19.4 Å². The smallest absolute Gasteiger partial charge is 0.227 e. The van der Waals surface area contributed by atoms with Crippen molar-refractivity contribution in [2.45, 2.75) is 20.4 Å². The quantitative estimate of drug-likeness (QED) is 0.771. The number of aromatic amines is 1. The van der Waals surface area contributed by atoms with Crippen LogP contribution in [0.15, 0.2) is 0 Å². The third kappa shape index (κ3) is 2.63. The number of aromatic nitrogens is 3. The molecule has 1 amide bonds. The van der Waals surface area contributed by atoms with E-state index in [1.54, 1.807) is 11.9 Å². The SMILES string of the molecule is Cc1nc(CN(C)C(=O)[C@@H]2CNC[C@H]2C)n[nH]1. The van der Waals surface area contributed by atoms with E-state index in [0.717, 1.165) is 18.9 Å². The van der Waals surface area contributed by atoms with Crippen molar-refractivity contribution in [3.05, 3.63) is 11.6 Å². The molecule has 0 spiro atoms. The van der Waals surface area contributed by atoms with E-state index < -0.39 is 0 Å². The van der Waals surface area contributed by atoms with Gasteiger partial charge in [0.15, 0.2) is 5.82 Å². The van der Waals surface area contributed by atoms with Crippen LogP contribution in [0.4, 0.5) is 0 Å². The third-order valence-corrected chi connectivity index (χ3v) is 3.23. The van der Waals surface area contributed by atoms with Crippen LogP contribution >= 0.6 is 0 Å². The first-order chi connectivity index (χ1) is 8.08. The lowest BCUT2D eigenvalue weighted by molar-refractivity contribution is -0.135. The molecule has 1 saturated heterocycles. The Morgan fingerprint density at radius 3 is 2.82 bits per heavy atom. The lowest BCUT2D eigenvalue weighted by Crippen LogP contribution is -2.35. The molecular formula is C11H19N5O. The third-order valence-electron chi connectivity index (χ3n) is 3.23. The van der Waals surface area contributed by atoms with E-state index in [-0.39, 0.29) is 11.8 Å². The summed E-state index contributed by atoms with van der Waals surface area (Å²) >= 11 is 0. The predicted molar refractivity (Wildman–Crippen MR) is 63.1 cm³/mol. The molecule has 0 bridgehead atoms. The van der Waals surface area contributed by atoms with Crippen molar-refractivity contribution in [1.29, 1.82) is 0 Å². The monoisotopic (exact) mass is 237 g/mol. The normalized spacial score (nSPS) is 23.9. The van der Waals surface area contributed by atoms with E-state index in [1.807, 2.05) is 6.92 Å². The first-order valence-corrected chi connectivity index (χ1v) is 5.91. The Kier molecular flexibility index (Phi) is 3.42. The maximum Gasteiger partial charge on any atom is 0.227 e. The summed E-state index contributed by atoms with van der Waals surface area (Å²) in [6, 6.07) is 0. The highest BCUT2D eigenvalue weighted by molar-refractivity contribution is 5.79. The van der Waals surface area contributed by atoms with Gasteiger partial charge >= 0.3 is 0 Å². The maximum atomic E-state index is 12.2. The summed E-state index contributed by atoms with van der Waals surface area (Å²) in [4.78, 5) is 18.1. The Morgan fingerprint density at radius 2 is 2.29 bits per heavy atom.